The van der Waals surface area contributed by atoms with Gasteiger partial charge in [-0.2, -0.15) is 0 Å². The Kier molecular flexibility index (Phi) is 5.62. The van der Waals surface area contributed by atoms with Gasteiger partial charge in [0.05, 0.1) is 0 Å². The van der Waals surface area contributed by atoms with E-state index in [1.807, 2.05) is 0 Å². The third-order valence-corrected chi connectivity index (χ3v) is 4.96. The number of aryl methyl sites for hydroxylation is 1. The summed E-state index contributed by atoms with van der Waals surface area (Å²) >= 11 is 0. The van der Waals surface area contributed by atoms with E-state index in [-0.39, 0.29) is 0 Å². The van der Waals surface area contributed by atoms with E-state index in [4.69, 9.17) is 0 Å². The maximum Gasteiger partial charge on any atom is 0.0326 e. The normalized spacial score (nSPS) is 19.6. The first kappa shape index (κ1) is 15.5. The molecule has 1 aromatic carbocycles. The Hall–Kier alpha value is -0.860. The molecule has 2 atom stereocenters. The summed E-state index contributed by atoms with van der Waals surface area (Å²) in [5, 5.41) is 3.83. The molecule has 0 spiro atoms. The van der Waals surface area contributed by atoms with E-state index in [0.29, 0.717) is 12.1 Å². The highest BCUT2D eigenvalue weighted by Gasteiger charge is 2.25. The van der Waals surface area contributed by atoms with Crippen LogP contribution in [0.15, 0.2) is 24.3 Å². The molecule has 1 aromatic rings. The second-order valence-electron chi connectivity index (χ2n) is 6.31. The molecular weight excluding hydrogens is 244 g/mol. The molecule has 0 heterocycles. The molecule has 1 aliphatic rings. The molecule has 0 amide bonds. The number of hydrogen-bond acceptors (Lipinski definition) is 2. The van der Waals surface area contributed by atoms with Gasteiger partial charge in [-0.1, -0.05) is 51.0 Å². The monoisotopic (exact) mass is 274 g/mol. The van der Waals surface area contributed by atoms with Gasteiger partial charge in [0.1, 0.15) is 0 Å². The molecule has 0 bridgehead atoms. The minimum absolute atomic E-state index is 0.558. The summed E-state index contributed by atoms with van der Waals surface area (Å²) in [6.45, 7) is 5.73. The van der Waals surface area contributed by atoms with Gasteiger partial charge in [0, 0.05) is 18.6 Å². The Morgan fingerprint density at radius 3 is 2.55 bits per heavy atom. The summed E-state index contributed by atoms with van der Waals surface area (Å²) in [7, 11) is 4.43. The molecule has 2 rings (SSSR count). The van der Waals surface area contributed by atoms with E-state index in [0.717, 1.165) is 12.5 Å². The van der Waals surface area contributed by atoms with Gasteiger partial charge in [-0.15, -0.1) is 0 Å². The zero-order chi connectivity index (χ0) is 14.5. The number of rotatable bonds is 7. The SMILES string of the molecule is CCC(CC)C(CNC1CCc2ccccc21)N(C)C. The van der Waals surface area contributed by atoms with Crippen LogP contribution in [0.4, 0.5) is 0 Å². The van der Waals surface area contributed by atoms with Crippen LogP contribution in [-0.2, 0) is 6.42 Å². The van der Waals surface area contributed by atoms with Crippen LogP contribution in [0.3, 0.4) is 0 Å². The summed E-state index contributed by atoms with van der Waals surface area (Å²) in [6.07, 6.45) is 5.01. The number of likely N-dealkylation sites (N-methyl/N-ethyl adjacent to an activating group) is 1. The molecule has 2 nitrogen and oxygen atoms in total. The smallest absolute Gasteiger partial charge is 0.0326 e. The average molecular weight is 274 g/mol. The van der Waals surface area contributed by atoms with E-state index in [9.17, 15) is 0 Å². The lowest BCUT2D eigenvalue weighted by Gasteiger charge is -2.32. The van der Waals surface area contributed by atoms with Crippen molar-refractivity contribution in [2.75, 3.05) is 20.6 Å². The molecule has 0 aliphatic heterocycles. The van der Waals surface area contributed by atoms with Crippen molar-refractivity contribution >= 4 is 0 Å². The fourth-order valence-electron chi connectivity index (χ4n) is 3.64. The molecule has 112 valence electrons. The molecule has 0 saturated carbocycles. The molecular formula is C18H30N2. The number of nitrogens with one attached hydrogen (secondary N) is 1. The van der Waals surface area contributed by atoms with Gasteiger partial charge < -0.3 is 10.2 Å². The number of fused-ring (bicyclic) bond motifs is 1. The molecule has 2 unspecified atom stereocenters. The standard InChI is InChI=1S/C18H30N2/c1-5-14(6-2)18(20(3)4)13-19-17-12-11-15-9-7-8-10-16(15)17/h7-10,14,17-19H,5-6,11-13H2,1-4H3. The molecule has 0 radical (unpaired) electrons. The van der Waals surface area contributed by atoms with Gasteiger partial charge in [-0.25, -0.2) is 0 Å². The van der Waals surface area contributed by atoms with Crippen LogP contribution >= 0.6 is 0 Å². The van der Waals surface area contributed by atoms with Crippen molar-refractivity contribution in [2.45, 2.75) is 51.6 Å². The summed E-state index contributed by atoms with van der Waals surface area (Å²) < 4.78 is 0. The molecule has 0 aromatic heterocycles. The van der Waals surface area contributed by atoms with Crippen LogP contribution < -0.4 is 5.32 Å². The Bertz CT molecular complexity index is 410. The van der Waals surface area contributed by atoms with Crippen LogP contribution in [0.2, 0.25) is 0 Å². The van der Waals surface area contributed by atoms with Crippen LogP contribution in [0.5, 0.6) is 0 Å². The fraction of sp³-hybridized carbons (Fsp3) is 0.667. The van der Waals surface area contributed by atoms with Gasteiger partial charge >= 0.3 is 0 Å². The van der Waals surface area contributed by atoms with Gasteiger partial charge in [-0.3, -0.25) is 0 Å². The maximum absolute atomic E-state index is 3.83. The van der Waals surface area contributed by atoms with Crippen molar-refractivity contribution in [3.63, 3.8) is 0 Å². The average Bonchev–Trinajstić information content (AvgIpc) is 2.86. The van der Waals surface area contributed by atoms with E-state index >= 15 is 0 Å². The summed E-state index contributed by atoms with van der Waals surface area (Å²) in [6, 6.07) is 10.1. The van der Waals surface area contributed by atoms with Crippen LogP contribution in [0, 0.1) is 5.92 Å². The van der Waals surface area contributed by atoms with Crippen molar-refractivity contribution in [3.8, 4) is 0 Å². The predicted octanol–water partition coefficient (Wildman–Crippen LogP) is 3.63. The second kappa shape index (κ2) is 7.24. The molecule has 20 heavy (non-hydrogen) atoms. The lowest BCUT2D eigenvalue weighted by atomic mass is 9.93. The molecule has 2 heteroatoms. The summed E-state index contributed by atoms with van der Waals surface area (Å²) in [5.74, 6) is 0.786. The molecule has 1 N–H and O–H groups in total. The van der Waals surface area contributed by atoms with Crippen LogP contribution in [0.25, 0.3) is 0 Å². The lowest BCUT2D eigenvalue weighted by Crippen LogP contribution is -2.43. The van der Waals surface area contributed by atoms with E-state index in [2.05, 4.69) is 62.4 Å². The third-order valence-electron chi connectivity index (χ3n) is 4.96. The maximum atomic E-state index is 3.83. The molecule has 0 saturated heterocycles. The Labute approximate surface area is 124 Å². The van der Waals surface area contributed by atoms with Crippen molar-refractivity contribution in [2.24, 2.45) is 5.92 Å². The quantitative estimate of drug-likeness (QED) is 0.817. The van der Waals surface area contributed by atoms with Crippen molar-refractivity contribution in [3.05, 3.63) is 35.4 Å². The van der Waals surface area contributed by atoms with Crippen LogP contribution in [0.1, 0.15) is 50.3 Å². The highest BCUT2D eigenvalue weighted by molar-refractivity contribution is 5.34. The first-order chi connectivity index (χ1) is 9.67. The number of hydrogen-bond donors (Lipinski definition) is 1. The van der Waals surface area contributed by atoms with Gasteiger partial charge in [-0.05, 0) is 44.0 Å². The largest absolute Gasteiger partial charge is 0.308 e. The first-order valence-electron chi connectivity index (χ1n) is 8.14. The Morgan fingerprint density at radius 2 is 1.90 bits per heavy atom. The van der Waals surface area contributed by atoms with E-state index in [1.165, 1.54) is 36.8 Å². The van der Waals surface area contributed by atoms with Crippen LogP contribution in [-0.4, -0.2) is 31.6 Å². The summed E-state index contributed by atoms with van der Waals surface area (Å²) in [5.41, 5.74) is 3.06. The van der Waals surface area contributed by atoms with E-state index < -0.39 is 0 Å². The highest BCUT2D eigenvalue weighted by atomic mass is 15.1. The Balaban J connectivity index is 1.97. The third kappa shape index (κ3) is 3.42. The predicted molar refractivity (Wildman–Crippen MR) is 87.1 cm³/mol. The number of benzene rings is 1. The lowest BCUT2D eigenvalue weighted by molar-refractivity contribution is 0.189. The fourth-order valence-corrected chi connectivity index (χ4v) is 3.64. The minimum atomic E-state index is 0.558. The van der Waals surface area contributed by atoms with Crippen molar-refractivity contribution in [1.82, 2.24) is 10.2 Å². The molecule has 0 fully saturated rings. The van der Waals surface area contributed by atoms with Crippen molar-refractivity contribution in [1.29, 1.82) is 0 Å². The van der Waals surface area contributed by atoms with E-state index in [1.54, 1.807) is 0 Å². The minimum Gasteiger partial charge on any atom is -0.308 e. The van der Waals surface area contributed by atoms with Gasteiger partial charge in [0.15, 0.2) is 0 Å². The second-order valence-corrected chi connectivity index (χ2v) is 6.31. The Morgan fingerprint density at radius 1 is 1.20 bits per heavy atom. The first-order valence-corrected chi connectivity index (χ1v) is 8.14. The highest BCUT2D eigenvalue weighted by Crippen LogP contribution is 2.31. The zero-order valence-electron chi connectivity index (χ0n) is 13.5. The zero-order valence-corrected chi connectivity index (χ0v) is 13.5. The van der Waals surface area contributed by atoms with Gasteiger partial charge in [0.2, 0.25) is 0 Å². The van der Waals surface area contributed by atoms with Crippen molar-refractivity contribution < 1.29 is 0 Å². The number of nitrogens with zero attached hydrogens (tertiary/aromatic N) is 1. The summed E-state index contributed by atoms with van der Waals surface area (Å²) in [4.78, 5) is 2.39. The van der Waals surface area contributed by atoms with Gasteiger partial charge in [0.25, 0.3) is 0 Å². The topological polar surface area (TPSA) is 15.3 Å². The molecule has 1 aliphatic carbocycles.